The smallest absolute Gasteiger partial charge is 0.250 e. The Hall–Kier alpha value is -3.91. The molecule has 0 saturated heterocycles. The summed E-state index contributed by atoms with van der Waals surface area (Å²) in [7, 11) is 0. The molecule has 0 aliphatic carbocycles. The molecule has 2 N–H and O–H groups in total. The quantitative estimate of drug-likeness (QED) is 0.241. The highest BCUT2D eigenvalue weighted by atomic mass is 32.2. The number of carbonyl (C=O) groups excluding carboxylic acids is 1. The number of amides is 1. The van der Waals surface area contributed by atoms with Gasteiger partial charge in [0.2, 0.25) is 0 Å². The number of nitrogens with one attached hydrogen (secondary N) is 1. The van der Waals surface area contributed by atoms with Crippen molar-refractivity contribution in [2.45, 2.75) is 19.0 Å². The number of hydrogen-bond donors (Lipinski definition) is 2. The number of carbonyl (C=O) groups is 1. The first kappa shape index (κ1) is 22.3. The molecular weight excluding hydrogens is 434 g/mol. The Morgan fingerprint density at radius 3 is 2.39 bits per heavy atom. The number of benzene rings is 3. The molecule has 1 aromatic heterocycles. The van der Waals surface area contributed by atoms with Crippen LogP contribution in [-0.2, 0) is 4.79 Å². The van der Waals surface area contributed by atoms with Gasteiger partial charge in [-0.15, -0.1) is 10.2 Å². The molecule has 166 valence electrons. The summed E-state index contributed by atoms with van der Waals surface area (Å²) >= 11 is 1.29. The molecule has 0 unspecified atom stereocenters. The number of aryl methyl sites for hydroxylation is 1. The van der Waals surface area contributed by atoms with E-state index in [9.17, 15) is 9.90 Å². The lowest BCUT2D eigenvalue weighted by molar-refractivity contribution is -0.118. The lowest BCUT2D eigenvalue weighted by Gasteiger charge is -2.10. The molecule has 0 bridgehead atoms. The highest BCUT2D eigenvalue weighted by molar-refractivity contribution is 7.99. The number of thioether (sulfide) groups is 1. The van der Waals surface area contributed by atoms with Crippen LogP contribution in [0.1, 0.15) is 18.1 Å². The molecule has 0 fully saturated rings. The zero-order chi connectivity index (χ0) is 23.2. The van der Waals surface area contributed by atoms with E-state index < -0.39 is 0 Å². The zero-order valence-electron chi connectivity index (χ0n) is 18.3. The molecule has 0 atom stereocenters. The van der Waals surface area contributed by atoms with Crippen molar-refractivity contribution in [1.29, 1.82) is 0 Å². The minimum absolute atomic E-state index is 0.130. The first-order chi connectivity index (χ1) is 16.0. The van der Waals surface area contributed by atoms with Gasteiger partial charge in [0.05, 0.1) is 11.5 Å². The predicted molar refractivity (Wildman–Crippen MR) is 131 cm³/mol. The molecule has 0 aliphatic rings. The third kappa shape index (κ3) is 5.48. The molecule has 8 heteroatoms. The van der Waals surface area contributed by atoms with E-state index in [1.807, 2.05) is 66.1 Å². The highest BCUT2D eigenvalue weighted by Crippen LogP contribution is 2.28. The fourth-order valence-electron chi connectivity index (χ4n) is 3.14. The number of phenolic OH excluding ortho intramolecular Hbond substituents is 1. The maximum Gasteiger partial charge on any atom is 0.250 e. The van der Waals surface area contributed by atoms with E-state index in [4.69, 9.17) is 0 Å². The van der Waals surface area contributed by atoms with E-state index in [-0.39, 0.29) is 17.4 Å². The van der Waals surface area contributed by atoms with Crippen molar-refractivity contribution in [1.82, 2.24) is 20.2 Å². The summed E-state index contributed by atoms with van der Waals surface area (Å²) in [5.41, 5.74) is 7.05. The van der Waals surface area contributed by atoms with Crippen molar-refractivity contribution in [3.05, 3.63) is 90.0 Å². The zero-order valence-corrected chi connectivity index (χ0v) is 19.1. The van der Waals surface area contributed by atoms with Gasteiger partial charge < -0.3 is 5.11 Å². The molecule has 33 heavy (non-hydrogen) atoms. The van der Waals surface area contributed by atoms with Crippen LogP contribution in [-0.4, -0.2) is 37.2 Å². The fraction of sp³-hybridized carbons (Fsp3) is 0.120. The van der Waals surface area contributed by atoms with Gasteiger partial charge in [-0.2, -0.15) is 5.10 Å². The van der Waals surface area contributed by atoms with Gasteiger partial charge in [0.25, 0.3) is 5.91 Å². The van der Waals surface area contributed by atoms with Gasteiger partial charge in [0.15, 0.2) is 11.0 Å². The van der Waals surface area contributed by atoms with Crippen molar-refractivity contribution in [3.63, 3.8) is 0 Å². The number of aromatic nitrogens is 3. The van der Waals surface area contributed by atoms with Crippen LogP contribution < -0.4 is 5.43 Å². The SMILES string of the molecule is CC(=NNC(=O)CSc1nnc(-c2ccccc2)n1-c1ccc(C)cc1)c1ccc(O)cc1. The Labute approximate surface area is 196 Å². The third-order valence-corrected chi connectivity index (χ3v) is 5.85. The monoisotopic (exact) mass is 457 g/mol. The standard InChI is InChI=1S/C25H23N5O2S/c1-17-8-12-21(13-9-17)30-24(20-6-4-3-5-7-20)28-29-25(30)33-16-23(32)27-26-18(2)19-10-14-22(31)15-11-19/h3-15,31H,16H2,1-2H3,(H,27,32). The summed E-state index contributed by atoms with van der Waals surface area (Å²) < 4.78 is 1.96. The topological polar surface area (TPSA) is 92.4 Å². The second-order valence-electron chi connectivity index (χ2n) is 7.41. The molecule has 0 saturated carbocycles. The van der Waals surface area contributed by atoms with E-state index >= 15 is 0 Å². The van der Waals surface area contributed by atoms with Crippen LogP contribution in [0.2, 0.25) is 0 Å². The van der Waals surface area contributed by atoms with Crippen molar-refractivity contribution in [2.75, 3.05) is 5.75 Å². The second kappa shape index (κ2) is 10.1. The van der Waals surface area contributed by atoms with E-state index in [0.717, 1.165) is 22.4 Å². The van der Waals surface area contributed by atoms with Crippen LogP contribution in [0.15, 0.2) is 89.1 Å². The Morgan fingerprint density at radius 2 is 1.70 bits per heavy atom. The molecule has 0 spiro atoms. The number of phenols is 1. The molecule has 1 heterocycles. The molecule has 4 rings (SSSR count). The fourth-order valence-corrected chi connectivity index (χ4v) is 3.88. The lowest BCUT2D eigenvalue weighted by atomic mass is 10.1. The van der Waals surface area contributed by atoms with Gasteiger partial charge in [-0.25, -0.2) is 5.43 Å². The third-order valence-electron chi connectivity index (χ3n) is 4.92. The molecule has 0 radical (unpaired) electrons. The number of hydrogen-bond acceptors (Lipinski definition) is 6. The minimum atomic E-state index is -0.252. The maximum atomic E-state index is 12.4. The molecule has 4 aromatic rings. The Bertz CT molecular complexity index is 1270. The van der Waals surface area contributed by atoms with Crippen LogP contribution in [0.25, 0.3) is 17.1 Å². The average molecular weight is 458 g/mol. The Kier molecular flexibility index (Phi) is 6.85. The highest BCUT2D eigenvalue weighted by Gasteiger charge is 2.17. The molecule has 7 nitrogen and oxygen atoms in total. The normalized spacial score (nSPS) is 11.4. The van der Waals surface area contributed by atoms with Gasteiger partial charge in [0.1, 0.15) is 5.75 Å². The van der Waals surface area contributed by atoms with E-state index in [2.05, 4.69) is 20.7 Å². The molecule has 0 aliphatic heterocycles. The van der Waals surface area contributed by atoms with Crippen molar-refractivity contribution in [2.24, 2.45) is 5.10 Å². The van der Waals surface area contributed by atoms with E-state index in [1.165, 1.54) is 11.8 Å². The van der Waals surface area contributed by atoms with Crippen LogP contribution in [0.3, 0.4) is 0 Å². The number of hydrazone groups is 1. The summed E-state index contributed by atoms with van der Waals surface area (Å²) in [6.07, 6.45) is 0. The number of aromatic hydroxyl groups is 1. The summed E-state index contributed by atoms with van der Waals surface area (Å²) in [6.45, 7) is 3.83. The van der Waals surface area contributed by atoms with E-state index in [1.54, 1.807) is 31.2 Å². The summed E-state index contributed by atoms with van der Waals surface area (Å²) in [4.78, 5) is 12.4. The lowest BCUT2D eigenvalue weighted by Crippen LogP contribution is -2.21. The van der Waals surface area contributed by atoms with Gasteiger partial charge >= 0.3 is 0 Å². The van der Waals surface area contributed by atoms with Crippen LogP contribution in [0.4, 0.5) is 0 Å². The first-order valence-electron chi connectivity index (χ1n) is 10.3. The molecule has 1 amide bonds. The van der Waals surface area contributed by atoms with Crippen LogP contribution in [0.5, 0.6) is 5.75 Å². The van der Waals surface area contributed by atoms with Gasteiger partial charge in [-0.1, -0.05) is 59.8 Å². The van der Waals surface area contributed by atoms with Gasteiger partial charge in [0, 0.05) is 11.3 Å². The molecule has 3 aromatic carbocycles. The van der Waals surface area contributed by atoms with Gasteiger partial charge in [-0.05, 0) is 55.8 Å². The van der Waals surface area contributed by atoms with Gasteiger partial charge in [-0.3, -0.25) is 9.36 Å². The Morgan fingerprint density at radius 1 is 1.00 bits per heavy atom. The second-order valence-corrected chi connectivity index (χ2v) is 8.35. The average Bonchev–Trinajstić information content (AvgIpc) is 3.26. The van der Waals surface area contributed by atoms with Crippen molar-refractivity contribution >= 4 is 23.4 Å². The summed E-state index contributed by atoms with van der Waals surface area (Å²) in [5, 5.41) is 22.9. The maximum absolute atomic E-state index is 12.4. The largest absolute Gasteiger partial charge is 0.508 e. The van der Waals surface area contributed by atoms with Crippen molar-refractivity contribution in [3.8, 4) is 22.8 Å². The summed E-state index contributed by atoms with van der Waals surface area (Å²) in [6, 6.07) is 24.6. The Balaban J connectivity index is 1.51. The van der Waals surface area contributed by atoms with Crippen LogP contribution in [0, 0.1) is 6.92 Å². The summed E-state index contributed by atoms with van der Waals surface area (Å²) in [5.74, 6) is 0.770. The first-order valence-corrected chi connectivity index (χ1v) is 11.3. The number of rotatable bonds is 7. The predicted octanol–water partition coefficient (Wildman–Crippen LogP) is 4.58. The minimum Gasteiger partial charge on any atom is -0.508 e. The van der Waals surface area contributed by atoms with E-state index in [0.29, 0.717) is 16.7 Å². The van der Waals surface area contributed by atoms with Crippen molar-refractivity contribution < 1.29 is 9.90 Å². The number of nitrogens with zero attached hydrogens (tertiary/aromatic N) is 4. The molecular formula is C25H23N5O2S. The van der Waals surface area contributed by atoms with Crippen LogP contribution >= 0.6 is 11.8 Å².